The summed E-state index contributed by atoms with van der Waals surface area (Å²) in [6.07, 6.45) is 3.26. The molecule has 1 aromatic carbocycles. The van der Waals surface area contributed by atoms with Gasteiger partial charge >= 0.3 is 0 Å². The maximum atomic E-state index is 11.3. The van der Waals surface area contributed by atoms with Crippen LogP contribution in [0, 0.1) is 6.92 Å². The lowest BCUT2D eigenvalue weighted by atomic mass is 10.1. The molecule has 0 aliphatic rings. The zero-order chi connectivity index (χ0) is 16.6. The number of nitrogen functional groups attached to an aromatic ring is 1. The van der Waals surface area contributed by atoms with E-state index >= 15 is 0 Å². The van der Waals surface area contributed by atoms with Crippen molar-refractivity contribution in [2.45, 2.75) is 19.8 Å². The number of primary amides is 1. The van der Waals surface area contributed by atoms with E-state index in [9.17, 15) is 9.90 Å². The number of phenols is 1. The highest BCUT2D eigenvalue weighted by atomic mass is 16.3. The van der Waals surface area contributed by atoms with Crippen molar-refractivity contribution in [1.82, 2.24) is 9.38 Å². The van der Waals surface area contributed by atoms with E-state index in [4.69, 9.17) is 11.5 Å². The number of aromatic hydroxyl groups is 1. The first-order valence-corrected chi connectivity index (χ1v) is 7.30. The minimum absolute atomic E-state index is 0.0975. The number of nitrogens with zero attached hydrogens (tertiary/aromatic N) is 2. The van der Waals surface area contributed by atoms with E-state index in [-0.39, 0.29) is 5.75 Å². The lowest BCUT2D eigenvalue weighted by Gasteiger charge is -2.04. The third-order valence-electron chi connectivity index (χ3n) is 3.99. The summed E-state index contributed by atoms with van der Waals surface area (Å²) >= 11 is 0. The van der Waals surface area contributed by atoms with Crippen molar-refractivity contribution in [3.63, 3.8) is 0 Å². The fourth-order valence-corrected chi connectivity index (χ4v) is 2.61. The number of benzene rings is 1. The zero-order valence-electron chi connectivity index (χ0n) is 12.8. The van der Waals surface area contributed by atoms with Gasteiger partial charge in [-0.2, -0.15) is 0 Å². The van der Waals surface area contributed by atoms with E-state index in [0.717, 1.165) is 29.8 Å². The van der Waals surface area contributed by atoms with E-state index in [1.165, 1.54) is 0 Å². The van der Waals surface area contributed by atoms with Crippen LogP contribution in [0.4, 0.5) is 5.69 Å². The first-order chi connectivity index (χ1) is 11.0. The fraction of sp³-hybridized carbons (Fsp3) is 0.176. The largest absolute Gasteiger partial charge is 0.506 e. The Morgan fingerprint density at radius 2 is 2.04 bits per heavy atom. The van der Waals surface area contributed by atoms with Gasteiger partial charge in [0.15, 0.2) is 0 Å². The number of carbonyl (C=O) groups excluding carboxylic acids is 1. The second kappa shape index (κ2) is 5.64. The summed E-state index contributed by atoms with van der Waals surface area (Å²) in [5.41, 5.74) is 15.4. The van der Waals surface area contributed by atoms with Gasteiger partial charge in [-0.25, -0.2) is 4.98 Å². The van der Waals surface area contributed by atoms with Gasteiger partial charge in [0.1, 0.15) is 11.4 Å². The van der Waals surface area contributed by atoms with Gasteiger partial charge in [0.05, 0.1) is 11.4 Å². The molecule has 0 aliphatic heterocycles. The van der Waals surface area contributed by atoms with Crippen LogP contribution in [0.1, 0.15) is 27.3 Å². The van der Waals surface area contributed by atoms with Crippen LogP contribution in [0.3, 0.4) is 0 Å². The van der Waals surface area contributed by atoms with Crippen LogP contribution < -0.4 is 11.5 Å². The van der Waals surface area contributed by atoms with Gasteiger partial charge in [-0.05, 0) is 49.6 Å². The number of carbonyl (C=O) groups is 1. The monoisotopic (exact) mass is 310 g/mol. The predicted octanol–water partition coefficient (Wildman–Crippen LogP) is 1.81. The van der Waals surface area contributed by atoms with Gasteiger partial charge in [0, 0.05) is 17.5 Å². The molecule has 0 atom stereocenters. The third kappa shape index (κ3) is 2.83. The van der Waals surface area contributed by atoms with Gasteiger partial charge in [-0.3, -0.25) is 4.79 Å². The molecule has 1 amide bonds. The van der Waals surface area contributed by atoms with Crippen LogP contribution in [0.2, 0.25) is 0 Å². The van der Waals surface area contributed by atoms with Crippen LogP contribution in [0.5, 0.6) is 5.75 Å². The molecular formula is C17H18N4O2. The Bertz CT molecular complexity index is 899. The highest BCUT2D eigenvalue weighted by molar-refractivity contribution is 5.93. The molecule has 5 N–H and O–H groups in total. The summed E-state index contributed by atoms with van der Waals surface area (Å²) < 4.78 is 1.93. The summed E-state index contributed by atoms with van der Waals surface area (Å²) in [4.78, 5) is 15.8. The molecule has 3 aromatic rings. The van der Waals surface area contributed by atoms with Crippen LogP contribution in [-0.2, 0) is 12.8 Å². The van der Waals surface area contributed by atoms with Gasteiger partial charge in [0.25, 0.3) is 0 Å². The lowest BCUT2D eigenvalue weighted by Crippen LogP contribution is -2.11. The molecular weight excluding hydrogens is 292 g/mol. The second-order valence-corrected chi connectivity index (χ2v) is 5.54. The lowest BCUT2D eigenvalue weighted by molar-refractivity contribution is 0.1000. The smallest absolute Gasteiger partial charge is 0.248 e. The number of aryl methyl sites for hydroxylation is 3. The number of aromatic nitrogens is 2. The van der Waals surface area contributed by atoms with Gasteiger partial charge in [-0.15, -0.1) is 0 Å². The third-order valence-corrected chi connectivity index (χ3v) is 3.99. The molecule has 6 heteroatoms. The van der Waals surface area contributed by atoms with Gasteiger partial charge in [-0.1, -0.05) is 6.07 Å². The molecule has 0 aliphatic carbocycles. The maximum absolute atomic E-state index is 11.3. The molecule has 0 saturated carbocycles. The van der Waals surface area contributed by atoms with Crippen LogP contribution in [0.25, 0.3) is 5.65 Å². The number of nitrogens with two attached hydrogens (primary N) is 2. The zero-order valence-corrected chi connectivity index (χ0v) is 12.8. The molecule has 0 saturated heterocycles. The van der Waals surface area contributed by atoms with Crippen molar-refractivity contribution in [3.8, 4) is 5.75 Å². The summed E-state index contributed by atoms with van der Waals surface area (Å²) in [5, 5.41) is 9.66. The van der Waals surface area contributed by atoms with Gasteiger partial charge < -0.3 is 21.0 Å². The molecule has 0 fully saturated rings. The summed E-state index contributed by atoms with van der Waals surface area (Å²) in [6.45, 7) is 1.99. The molecule has 2 aromatic heterocycles. The fourth-order valence-electron chi connectivity index (χ4n) is 2.61. The topological polar surface area (TPSA) is 107 Å². The number of imidazole rings is 1. The van der Waals surface area contributed by atoms with E-state index in [1.807, 2.05) is 17.4 Å². The quantitative estimate of drug-likeness (QED) is 0.504. The van der Waals surface area contributed by atoms with Crippen molar-refractivity contribution < 1.29 is 9.90 Å². The molecule has 0 bridgehead atoms. The van der Waals surface area contributed by atoms with Crippen molar-refractivity contribution >= 4 is 17.2 Å². The van der Waals surface area contributed by atoms with Crippen molar-refractivity contribution in [2.75, 3.05) is 5.73 Å². The molecule has 2 heterocycles. The highest BCUT2D eigenvalue weighted by Crippen LogP contribution is 2.22. The molecule has 0 radical (unpaired) electrons. The van der Waals surface area contributed by atoms with Crippen LogP contribution in [-0.4, -0.2) is 20.4 Å². The Morgan fingerprint density at radius 1 is 1.26 bits per heavy atom. The SMILES string of the molecule is Cc1c(CCc2ccc(N)c(O)c2)nc2cc(C(N)=O)ccn12. The molecule has 0 spiro atoms. The second-order valence-electron chi connectivity index (χ2n) is 5.54. The van der Waals surface area contributed by atoms with Crippen molar-refractivity contribution in [3.05, 3.63) is 59.0 Å². The average molecular weight is 310 g/mol. The minimum atomic E-state index is -0.466. The number of amides is 1. The number of rotatable bonds is 4. The highest BCUT2D eigenvalue weighted by Gasteiger charge is 2.11. The van der Waals surface area contributed by atoms with Crippen LogP contribution in [0.15, 0.2) is 36.5 Å². The summed E-state index contributed by atoms with van der Waals surface area (Å²) in [7, 11) is 0. The average Bonchev–Trinajstić information content (AvgIpc) is 2.84. The number of phenolic OH excluding ortho intramolecular Hbond substituents is 1. The predicted molar refractivity (Wildman–Crippen MR) is 88.4 cm³/mol. The first-order valence-electron chi connectivity index (χ1n) is 7.30. The Hall–Kier alpha value is -3.02. The maximum Gasteiger partial charge on any atom is 0.248 e. The Balaban J connectivity index is 1.86. The molecule has 23 heavy (non-hydrogen) atoms. The number of anilines is 1. The number of hydrogen-bond donors (Lipinski definition) is 3. The molecule has 0 unspecified atom stereocenters. The van der Waals surface area contributed by atoms with E-state index in [1.54, 1.807) is 30.5 Å². The van der Waals surface area contributed by atoms with Gasteiger partial charge in [0.2, 0.25) is 5.91 Å². The number of fused-ring (bicyclic) bond motifs is 1. The van der Waals surface area contributed by atoms with Crippen molar-refractivity contribution in [2.24, 2.45) is 5.73 Å². The number of pyridine rings is 1. The Labute approximate surface area is 133 Å². The summed E-state index contributed by atoms with van der Waals surface area (Å²) in [5.74, 6) is -0.368. The Morgan fingerprint density at radius 3 is 2.74 bits per heavy atom. The first kappa shape index (κ1) is 14.9. The van der Waals surface area contributed by atoms with E-state index in [0.29, 0.717) is 16.9 Å². The summed E-state index contributed by atoms with van der Waals surface area (Å²) in [6, 6.07) is 8.64. The minimum Gasteiger partial charge on any atom is -0.506 e. The molecule has 6 nitrogen and oxygen atoms in total. The van der Waals surface area contributed by atoms with E-state index in [2.05, 4.69) is 4.98 Å². The normalized spacial score (nSPS) is 11.0. The molecule has 118 valence electrons. The van der Waals surface area contributed by atoms with Crippen LogP contribution >= 0.6 is 0 Å². The standard InChI is InChI=1S/C17H18N4O2/c1-10-14(5-3-11-2-4-13(18)15(22)8-11)20-16-9-12(17(19)23)6-7-21(10)16/h2,4,6-9,22H,3,5,18H2,1H3,(H2,19,23). The van der Waals surface area contributed by atoms with Crippen molar-refractivity contribution in [1.29, 1.82) is 0 Å². The Kier molecular flexibility index (Phi) is 3.65. The number of hydrogen-bond acceptors (Lipinski definition) is 4. The van der Waals surface area contributed by atoms with E-state index < -0.39 is 5.91 Å². The molecule has 3 rings (SSSR count).